The van der Waals surface area contributed by atoms with E-state index in [1.165, 1.54) is 20.7 Å². The molecule has 0 N–H and O–H groups in total. The van der Waals surface area contributed by atoms with E-state index in [2.05, 4.69) is 82.5 Å². The van der Waals surface area contributed by atoms with Crippen molar-refractivity contribution in [1.82, 2.24) is 0 Å². The van der Waals surface area contributed by atoms with Crippen LogP contribution in [0.1, 0.15) is 0 Å². The van der Waals surface area contributed by atoms with Gasteiger partial charge in [0, 0.05) is 0 Å². The molecule has 0 saturated carbocycles. The molecule has 3 heteroatoms. The van der Waals surface area contributed by atoms with Crippen molar-refractivity contribution in [1.29, 1.82) is 0 Å². The first-order valence-electron chi connectivity index (χ1n) is 9.36. The molecule has 136 valence electrons. The van der Waals surface area contributed by atoms with Gasteiger partial charge in [-0.1, -0.05) is 109 Å². The van der Waals surface area contributed by atoms with Crippen LogP contribution in [0.3, 0.4) is 0 Å². The van der Waals surface area contributed by atoms with E-state index in [1.54, 1.807) is 0 Å². The minimum absolute atomic E-state index is 0.640. The second kappa shape index (κ2) is 7.98. The number of benzene rings is 4. The van der Waals surface area contributed by atoms with E-state index in [0.717, 1.165) is 0 Å². The Balaban J connectivity index is 2.10. The predicted octanol–water partition coefficient (Wildman–Crippen LogP) is 4.17. The zero-order chi connectivity index (χ0) is 20.1. The molecule has 0 atom stereocenters. The molecule has 0 spiro atoms. The van der Waals surface area contributed by atoms with E-state index in [0.29, 0.717) is 11.4 Å². The third kappa shape index (κ3) is 3.25. The molecule has 0 aliphatic heterocycles. The monoisotopic (exact) mass is 386 g/mol. The summed E-state index contributed by atoms with van der Waals surface area (Å²) in [5.41, 5.74) is 1.28. The highest BCUT2D eigenvalue weighted by atomic mass is 28.3. The van der Waals surface area contributed by atoms with Crippen LogP contribution in [0.15, 0.2) is 109 Å². The van der Waals surface area contributed by atoms with Gasteiger partial charge < -0.3 is 0 Å². The van der Waals surface area contributed by atoms with Gasteiger partial charge in [0.05, 0.1) is 13.1 Å². The van der Waals surface area contributed by atoms with Gasteiger partial charge in [0.1, 0.15) is 0 Å². The summed E-state index contributed by atoms with van der Waals surface area (Å²) in [6.07, 6.45) is 0. The van der Waals surface area contributed by atoms with Gasteiger partial charge in [0.15, 0.2) is 19.4 Å². The van der Waals surface area contributed by atoms with E-state index >= 15 is 0 Å². The Hall–Kier alpha value is -3.92. The first-order chi connectivity index (χ1) is 14.3. The maximum atomic E-state index is 7.32. The molecular formula is C26H18N2Si. The first-order valence-corrected chi connectivity index (χ1v) is 11.4. The lowest BCUT2D eigenvalue weighted by atomic mass is 10.3. The first kappa shape index (κ1) is 18.4. The summed E-state index contributed by atoms with van der Waals surface area (Å²) in [7, 11) is -2.58. The second-order valence-electron chi connectivity index (χ2n) is 6.80. The van der Waals surface area contributed by atoms with Gasteiger partial charge in [-0.25, -0.2) is 9.69 Å². The van der Waals surface area contributed by atoms with Crippen molar-refractivity contribution in [3.8, 4) is 0 Å². The Bertz CT molecular complexity index is 1090. The van der Waals surface area contributed by atoms with E-state index in [1.807, 2.05) is 36.4 Å². The third-order valence-electron chi connectivity index (χ3n) is 5.27. The summed E-state index contributed by atoms with van der Waals surface area (Å²) < 4.78 is 0. The van der Waals surface area contributed by atoms with Crippen LogP contribution in [-0.2, 0) is 0 Å². The fourth-order valence-corrected chi connectivity index (χ4v) is 8.67. The smallest absolute Gasteiger partial charge is 0.187 e. The minimum Gasteiger partial charge on any atom is -0.238 e. The van der Waals surface area contributed by atoms with Gasteiger partial charge in [-0.3, -0.25) is 0 Å². The van der Waals surface area contributed by atoms with E-state index < -0.39 is 8.07 Å². The van der Waals surface area contributed by atoms with Gasteiger partial charge in [-0.15, -0.1) is 0 Å². The van der Waals surface area contributed by atoms with E-state index in [-0.39, 0.29) is 0 Å². The molecule has 0 unspecified atom stereocenters. The van der Waals surface area contributed by atoms with Crippen LogP contribution in [0, 0.1) is 13.1 Å². The Morgan fingerprint density at radius 1 is 0.414 bits per heavy atom. The highest BCUT2D eigenvalue weighted by Crippen LogP contribution is 2.16. The van der Waals surface area contributed by atoms with E-state index in [9.17, 15) is 0 Å². The maximum Gasteiger partial charge on any atom is 0.187 e. The molecular weight excluding hydrogens is 368 g/mol. The molecule has 4 rings (SSSR count). The molecule has 0 aliphatic carbocycles. The summed E-state index contributed by atoms with van der Waals surface area (Å²) in [4.78, 5) is 7.13. The SMILES string of the molecule is [C-]#[N+]c1ccc([Si](c2ccccc2)(c2ccccc2)c2ccc([N+]#[C-])cc2)cc1. The Morgan fingerprint density at radius 2 is 0.724 bits per heavy atom. The number of hydrogen-bond acceptors (Lipinski definition) is 0. The van der Waals surface area contributed by atoms with Crippen LogP contribution >= 0.6 is 0 Å². The van der Waals surface area contributed by atoms with Crippen molar-refractivity contribution in [2.24, 2.45) is 0 Å². The molecule has 29 heavy (non-hydrogen) atoms. The van der Waals surface area contributed by atoms with Crippen molar-refractivity contribution in [2.45, 2.75) is 0 Å². The molecule has 0 aliphatic rings. The van der Waals surface area contributed by atoms with Crippen LogP contribution in [0.5, 0.6) is 0 Å². The van der Waals surface area contributed by atoms with Crippen molar-refractivity contribution in [3.05, 3.63) is 132 Å². The van der Waals surface area contributed by atoms with Gasteiger partial charge >= 0.3 is 0 Å². The lowest BCUT2D eigenvalue weighted by Crippen LogP contribution is -2.74. The van der Waals surface area contributed by atoms with Crippen molar-refractivity contribution >= 4 is 40.2 Å². The van der Waals surface area contributed by atoms with Crippen molar-refractivity contribution < 1.29 is 0 Å². The average Bonchev–Trinajstić information content (AvgIpc) is 2.82. The fraction of sp³-hybridized carbons (Fsp3) is 0. The summed E-state index contributed by atoms with van der Waals surface area (Å²) in [5.74, 6) is 0. The number of rotatable bonds is 4. The Kier molecular flexibility index (Phi) is 5.08. The zero-order valence-corrected chi connectivity index (χ0v) is 16.8. The molecule has 0 fully saturated rings. The third-order valence-corrected chi connectivity index (χ3v) is 10.1. The molecule has 0 bridgehead atoms. The second-order valence-corrected chi connectivity index (χ2v) is 10.6. The van der Waals surface area contributed by atoms with Crippen molar-refractivity contribution in [2.75, 3.05) is 0 Å². The normalized spacial score (nSPS) is 10.7. The van der Waals surface area contributed by atoms with Crippen LogP contribution in [0.4, 0.5) is 11.4 Å². The topological polar surface area (TPSA) is 8.72 Å². The standard InChI is InChI=1S/C26H18N2Si/c1-27-21-13-17-25(18-14-21)29(23-9-5-3-6-10-23,24-11-7-4-8-12-24)26-19-15-22(28-2)16-20-26/h3-20H. The number of hydrogen-bond donors (Lipinski definition) is 0. The number of nitrogens with zero attached hydrogens (tertiary/aromatic N) is 2. The molecule has 0 amide bonds. The van der Waals surface area contributed by atoms with Gasteiger partial charge in [0.25, 0.3) is 0 Å². The molecule has 4 aromatic carbocycles. The highest BCUT2D eigenvalue weighted by molar-refractivity contribution is 7.19. The van der Waals surface area contributed by atoms with E-state index in [4.69, 9.17) is 13.1 Å². The molecule has 4 aromatic rings. The minimum atomic E-state index is -2.58. The van der Waals surface area contributed by atoms with Gasteiger partial charge in [-0.05, 0) is 20.7 Å². The Morgan fingerprint density at radius 3 is 1.03 bits per heavy atom. The lowest BCUT2D eigenvalue weighted by molar-refractivity contribution is 1.66. The zero-order valence-electron chi connectivity index (χ0n) is 15.8. The maximum absolute atomic E-state index is 7.32. The summed E-state index contributed by atoms with van der Waals surface area (Å²) >= 11 is 0. The van der Waals surface area contributed by atoms with Crippen LogP contribution < -0.4 is 20.7 Å². The van der Waals surface area contributed by atoms with Crippen LogP contribution in [0.25, 0.3) is 9.69 Å². The fourth-order valence-electron chi connectivity index (χ4n) is 3.95. The van der Waals surface area contributed by atoms with Crippen LogP contribution in [0.2, 0.25) is 0 Å². The molecule has 0 saturated heterocycles. The summed E-state index contributed by atoms with van der Waals surface area (Å²) in [6.45, 7) is 14.6. The highest BCUT2D eigenvalue weighted by Gasteiger charge is 2.41. The molecule has 0 radical (unpaired) electrons. The largest absolute Gasteiger partial charge is 0.238 e. The lowest BCUT2D eigenvalue weighted by Gasteiger charge is -2.34. The quantitative estimate of drug-likeness (QED) is 0.283. The average molecular weight is 387 g/mol. The van der Waals surface area contributed by atoms with Crippen LogP contribution in [-0.4, -0.2) is 8.07 Å². The Labute approximate surface area is 172 Å². The molecule has 0 heterocycles. The molecule has 0 aromatic heterocycles. The molecule has 2 nitrogen and oxygen atoms in total. The van der Waals surface area contributed by atoms with Gasteiger partial charge in [-0.2, -0.15) is 0 Å². The van der Waals surface area contributed by atoms with Crippen molar-refractivity contribution in [3.63, 3.8) is 0 Å². The van der Waals surface area contributed by atoms with Gasteiger partial charge in [0.2, 0.25) is 0 Å². The summed E-state index contributed by atoms with van der Waals surface area (Å²) in [6, 6.07) is 37.2. The predicted molar refractivity (Wildman–Crippen MR) is 123 cm³/mol. The summed E-state index contributed by atoms with van der Waals surface area (Å²) in [5, 5.41) is 4.99.